The topological polar surface area (TPSA) is 76.2 Å². The molecule has 1 aromatic carbocycles. The number of likely N-dealkylation sites (tertiary alicyclic amines) is 1. The number of methoxy groups -OCH3 is 1. The van der Waals surface area contributed by atoms with Crippen LogP contribution in [0.15, 0.2) is 24.3 Å². The van der Waals surface area contributed by atoms with Crippen LogP contribution in [0, 0.1) is 0 Å². The summed E-state index contributed by atoms with van der Waals surface area (Å²) in [5.74, 6) is 0.867. The third-order valence-corrected chi connectivity index (χ3v) is 8.00. The molecule has 4 rings (SSSR count). The van der Waals surface area contributed by atoms with Crippen LogP contribution in [-0.4, -0.2) is 74.3 Å². The zero-order valence-electron chi connectivity index (χ0n) is 17.9. The highest BCUT2D eigenvalue weighted by Gasteiger charge is 2.47. The summed E-state index contributed by atoms with van der Waals surface area (Å²) >= 11 is 0. The van der Waals surface area contributed by atoms with Crippen LogP contribution in [0.5, 0.6) is 5.75 Å². The number of benzene rings is 1. The molecule has 1 aromatic rings. The standard InChI is InChI=1S/C22H32N2O5S/c1-28-20-5-3-4-17(14-20)15-21(25)23-11-9-22(10-12-23)16-19(8-13-29-22)24(18-6-7-18)30(2,26)27/h3-5,14,18-19H,6-13,15-16H2,1-2H3. The number of sulfonamides is 1. The maximum atomic E-state index is 12.8. The molecule has 8 heteroatoms. The molecule has 0 radical (unpaired) electrons. The lowest BCUT2D eigenvalue weighted by atomic mass is 9.82. The largest absolute Gasteiger partial charge is 0.497 e. The van der Waals surface area contributed by atoms with Crippen molar-refractivity contribution in [3.63, 3.8) is 0 Å². The Bertz CT molecular complexity index is 875. The summed E-state index contributed by atoms with van der Waals surface area (Å²) in [6.45, 7) is 1.89. The van der Waals surface area contributed by atoms with Gasteiger partial charge in [0.25, 0.3) is 0 Å². The molecule has 1 atom stereocenters. The second kappa shape index (κ2) is 8.48. The minimum Gasteiger partial charge on any atom is -0.497 e. The predicted molar refractivity (Wildman–Crippen MR) is 114 cm³/mol. The summed E-state index contributed by atoms with van der Waals surface area (Å²) in [4.78, 5) is 14.7. The molecule has 0 aromatic heterocycles. The van der Waals surface area contributed by atoms with Crippen LogP contribution in [0.3, 0.4) is 0 Å². The van der Waals surface area contributed by atoms with E-state index in [1.807, 2.05) is 29.2 Å². The third kappa shape index (κ3) is 4.81. The van der Waals surface area contributed by atoms with Gasteiger partial charge >= 0.3 is 0 Å². The van der Waals surface area contributed by atoms with E-state index in [-0.39, 0.29) is 23.6 Å². The molecule has 1 aliphatic carbocycles. The molecule has 0 bridgehead atoms. The quantitative estimate of drug-likeness (QED) is 0.683. The minimum atomic E-state index is -3.22. The monoisotopic (exact) mass is 436 g/mol. The Balaban J connectivity index is 1.36. The van der Waals surface area contributed by atoms with Crippen molar-refractivity contribution >= 4 is 15.9 Å². The molecule has 3 aliphatic rings. The van der Waals surface area contributed by atoms with Gasteiger partial charge in [-0.05, 0) is 56.2 Å². The molecule has 2 heterocycles. The Morgan fingerprint density at radius 2 is 1.97 bits per heavy atom. The van der Waals surface area contributed by atoms with E-state index in [0.29, 0.717) is 26.1 Å². The summed E-state index contributed by atoms with van der Waals surface area (Å²) in [5, 5.41) is 0. The highest BCUT2D eigenvalue weighted by atomic mass is 32.2. The van der Waals surface area contributed by atoms with E-state index in [0.717, 1.165) is 49.8 Å². The van der Waals surface area contributed by atoms with Crippen molar-refractivity contribution in [2.45, 2.75) is 62.6 Å². The average Bonchev–Trinajstić information content (AvgIpc) is 3.52. The van der Waals surface area contributed by atoms with Crippen molar-refractivity contribution in [2.24, 2.45) is 0 Å². The summed E-state index contributed by atoms with van der Waals surface area (Å²) in [7, 11) is -1.60. The second-order valence-corrected chi connectivity index (χ2v) is 10.8. The smallest absolute Gasteiger partial charge is 0.226 e. The van der Waals surface area contributed by atoms with Crippen LogP contribution in [0.1, 0.15) is 44.1 Å². The Hall–Kier alpha value is -1.64. The minimum absolute atomic E-state index is 0.0142. The predicted octanol–water partition coefficient (Wildman–Crippen LogP) is 2.20. The third-order valence-electron chi connectivity index (χ3n) is 6.63. The number of hydrogen-bond acceptors (Lipinski definition) is 5. The number of piperidine rings is 1. The van der Waals surface area contributed by atoms with Gasteiger partial charge in [0, 0.05) is 31.8 Å². The highest BCUT2D eigenvalue weighted by molar-refractivity contribution is 7.88. The summed E-state index contributed by atoms with van der Waals surface area (Å²) in [6, 6.07) is 7.80. The number of ether oxygens (including phenoxy) is 2. The number of carbonyl (C=O) groups excluding carboxylic acids is 1. The molecule has 7 nitrogen and oxygen atoms in total. The number of carbonyl (C=O) groups is 1. The van der Waals surface area contributed by atoms with E-state index in [1.165, 1.54) is 6.26 Å². The summed E-state index contributed by atoms with van der Waals surface area (Å²) in [6.07, 6.45) is 6.61. The number of hydrogen-bond donors (Lipinski definition) is 0. The first-order valence-electron chi connectivity index (χ1n) is 10.8. The van der Waals surface area contributed by atoms with Crippen molar-refractivity contribution < 1.29 is 22.7 Å². The zero-order valence-corrected chi connectivity index (χ0v) is 18.7. The molecule has 1 unspecified atom stereocenters. The van der Waals surface area contributed by atoms with E-state index in [4.69, 9.17) is 9.47 Å². The molecular weight excluding hydrogens is 404 g/mol. The fourth-order valence-electron chi connectivity index (χ4n) is 4.97. The Morgan fingerprint density at radius 3 is 2.60 bits per heavy atom. The second-order valence-electron chi connectivity index (χ2n) is 8.91. The van der Waals surface area contributed by atoms with Gasteiger partial charge in [0.2, 0.25) is 15.9 Å². The molecule has 2 saturated heterocycles. The SMILES string of the molecule is COc1cccc(CC(=O)N2CCC3(CC2)CC(N(C2CC2)S(C)(=O)=O)CCO3)c1. The normalized spacial score (nSPS) is 24.2. The molecule has 2 aliphatic heterocycles. The zero-order chi connectivity index (χ0) is 21.4. The van der Waals surface area contributed by atoms with Gasteiger partial charge in [-0.2, -0.15) is 4.31 Å². The van der Waals surface area contributed by atoms with Crippen LogP contribution in [0.25, 0.3) is 0 Å². The van der Waals surface area contributed by atoms with E-state index < -0.39 is 10.0 Å². The Morgan fingerprint density at radius 1 is 1.23 bits per heavy atom. The fourth-order valence-corrected chi connectivity index (χ4v) is 6.44. The van der Waals surface area contributed by atoms with Gasteiger partial charge in [-0.3, -0.25) is 4.79 Å². The van der Waals surface area contributed by atoms with Crippen molar-refractivity contribution in [3.05, 3.63) is 29.8 Å². The van der Waals surface area contributed by atoms with E-state index in [9.17, 15) is 13.2 Å². The van der Waals surface area contributed by atoms with Crippen LogP contribution in [-0.2, 0) is 26.0 Å². The molecule has 166 valence electrons. The van der Waals surface area contributed by atoms with Crippen molar-refractivity contribution in [1.82, 2.24) is 9.21 Å². The number of rotatable bonds is 6. The van der Waals surface area contributed by atoms with Gasteiger partial charge in [0.05, 0.1) is 25.4 Å². The van der Waals surface area contributed by atoms with Crippen LogP contribution in [0.2, 0.25) is 0 Å². The van der Waals surface area contributed by atoms with Crippen LogP contribution < -0.4 is 4.74 Å². The molecule has 1 saturated carbocycles. The Labute approximate surface area is 179 Å². The first-order valence-corrected chi connectivity index (χ1v) is 12.7. The lowest BCUT2D eigenvalue weighted by molar-refractivity contribution is -0.146. The first-order chi connectivity index (χ1) is 14.3. The lowest BCUT2D eigenvalue weighted by Gasteiger charge is -2.48. The fraction of sp³-hybridized carbons (Fsp3) is 0.682. The van der Waals surface area contributed by atoms with Crippen molar-refractivity contribution in [1.29, 1.82) is 0 Å². The highest BCUT2D eigenvalue weighted by Crippen LogP contribution is 2.41. The lowest BCUT2D eigenvalue weighted by Crippen LogP contribution is -2.55. The van der Waals surface area contributed by atoms with E-state index in [2.05, 4.69) is 0 Å². The number of amides is 1. The molecule has 30 heavy (non-hydrogen) atoms. The van der Waals surface area contributed by atoms with Crippen molar-refractivity contribution in [3.8, 4) is 5.75 Å². The number of nitrogens with zero attached hydrogens (tertiary/aromatic N) is 2. The first kappa shape index (κ1) is 21.6. The van der Waals surface area contributed by atoms with Gasteiger partial charge < -0.3 is 14.4 Å². The molecule has 3 fully saturated rings. The molecule has 0 N–H and O–H groups in total. The molecule has 1 spiro atoms. The molecule has 1 amide bonds. The van der Waals surface area contributed by atoms with Crippen LogP contribution in [0.4, 0.5) is 0 Å². The van der Waals surface area contributed by atoms with Gasteiger partial charge in [-0.25, -0.2) is 8.42 Å². The van der Waals surface area contributed by atoms with Gasteiger partial charge in [-0.15, -0.1) is 0 Å². The van der Waals surface area contributed by atoms with Gasteiger partial charge in [-0.1, -0.05) is 12.1 Å². The van der Waals surface area contributed by atoms with E-state index in [1.54, 1.807) is 11.4 Å². The summed E-state index contributed by atoms with van der Waals surface area (Å²) in [5.41, 5.74) is 0.634. The molecular formula is C22H32N2O5S. The van der Waals surface area contributed by atoms with E-state index >= 15 is 0 Å². The van der Waals surface area contributed by atoms with Crippen molar-refractivity contribution in [2.75, 3.05) is 33.1 Å². The van der Waals surface area contributed by atoms with Crippen LogP contribution >= 0.6 is 0 Å². The van der Waals surface area contributed by atoms with Gasteiger partial charge in [0.1, 0.15) is 5.75 Å². The average molecular weight is 437 g/mol. The Kier molecular flexibility index (Phi) is 6.10. The maximum absolute atomic E-state index is 12.8. The maximum Gasteiger partial charge on any atom is 0.226 e. The summed E-state index contributed by atoms with van der Waals surface area (Å²) < 4.78 is 37.9. The van der Waals surface area contributed by atoms with Gasteiger partial charge in [0.15, 0.2) is 0 Å².